The van der Waals surface area contributed by atoms with Gasteiger partial charge >= 0.3 is 0 Å². The normalized spacial score (nSPS) is 13.0. The summed E-state index contributed by atoms with van der Waals surface area (Å²) in [5, 5.41) is 3.04. The lowest BCUT2D eigenvalue weighted by Gasteiger charge is -2.29. The summed E-state index contributed by atoms with van der Waals surface area (Å²) < 4.78 is 16.5. The fourth-order valence-corrected chi connectivity index (χ4v) is 3.81. The minimum absolute atomic E-state index is 0.0476. The number of hydrogen-bond donors (Lipinski definition) is 0. The van der Waals surface area contributed by atoms with E-state index in [4.69, 9.17) is 14.2 Å². The van der Waals surface area contributed by atoms with Gasteiger partial charge in [0.05, 0.1) is 30.1 Å². The van der Waals surface area contributed by atoms with E-state index in [-0.39, 0.29) is 12.5 Å². The monoisotopic (exact) mass is 410 g/mol. The number of carbonyl (C=O) groups is 1. The van der Waals surface area contributed by atoms with Gasteiger partial charge in [-0.2, -0.15) is 0 Å². The average molecular weight is 410 g/mol. The molecule has 0 fully saturated rings. The summed E-state index contributed by atoms with van der Waals surface area (Å²) in [6.07, 6.45) is 0.706. The summed E-state index contributed by atoms with van der Waals surface area (Å²) in [7, 11) is 1.63. The molecule has 6 nitrogen and oxygen atoms in total. The highest BCUT2D eigenvalue weighted by Crippen LogP contribution is 2.36. The first kappa shape index (κ1) is 19.3. The molecule has 2 aromatic carbocycles. The molecule has 0 atom stereocenters. The molecule has 0 unspecified atom stereocenters. The quantitative estimate of drug-likeness (QED) is 0.543. The average Bonchev–Trinajstić information content (AvgIpc) is 3.19. The van der Waals surface area contributed by atoms with Gasteiger partial charge in [0, 0.05) is 17.5 Å². The fourth-order valence-electron chi connectivity index (χ4n) is 3.19. The highest BCUT2D eigenvalue weighted by Gasteiger charge is 2.25. The Bertz CT molecular complexity index is 1000. The molecule has 29 heavy (non-hydrogen) atoms. The second kappa shape index (κ2) is 8.53. The molecule has 0 bridgehead atoms. The van der Waals surface area contributed by atoms with Crippen molar-refractivity contribution in [3.8, 4) is 28.5 Å². The third-order valence-corrected chi connectivity index (χ3v) is 5.44. The topological polar surface area (TPSA) is 60.9 Å². The summed E-state index contributed by atoms with van der Waals surface area (Å²) in [5.41, 5.74) is 2.68. The lowest BCUT2D eigenvalue weighted by molar-refractivity contribution is -0.121. The molecular weight excluding hydrogens is 388 g/mol. The van der Waals surface area contributed by atoms with Crippen LogP contribution in [0, 0.1) is 6.92 Å². The van der Waals surface area contributed by atoms with E-state index in [1.54, 1.807) is 23.3 Å². The van der Waals surface area contributed by atoms with Crippen molar-refractivity contribution < 1.29 is 19.0 Å². The predicted octanol–water partition coefficient (Wildman–Crippen LogP) is 4.32. The molecule has 1 aliphatic heterocycles. The SMILES string of the molecule is COc1ccc(OCCCN2C(=O)COc3ccc(-c4csc(C)n4)cc32)cc1. The molecule has 150 valence electrons. The Kier molecular flexibility index (Phi) is 5.67. The Hall–Kier alpha value is -3.06. The van der Waals surface area contributed by atoms with Gasteiger partial charge in [0.2, 0.25) is 0 Å². The number of methoxy groups -OCH3 is 1. The van der Waals surface area contributed by atoms with Crippen LogP contribution in [0.4, 0.5) is 5.69 Å². The van der Waals surface area contributed by atoms with Gasteiger partial charge in [0.15, 0.2) is 6.61 Å². The lowest BCUT2D eigenvalue weighted by Crippen LogP contribution is -2.39. The molecule has 0 aliphatic carbocycles. The number of amides is 1. The van der Waals surface area contributed by atoms with Crippen molar-refractivity contribution in [1.82, 2.24) is 4.98 Å². The van der Waals surface area contributed by atoms with Crippen molar-refractivity contribution >= 4 is 22.9 Å². The number of rotatable bonds is 7. The van der Waals surface area contributed by atoms with Crippen LogP contribution in [0.25, 0.3) is 11.3 Å². The Morgan fingerprint density at radius 1 is 1.17 bits per heavy atom. The number of fused-ring (bicyclic) bond motifs is 1. The zero-order chi connectivity index (χ0) is 20.2. The molecule has 0 saturated heterocycles. The van der Waals surface area contributed by atoms with Gasteiger partial charge in [-0.15, -0.1) is 11.3 Å². The number of hydrogen-bond acceptors (Lipinski definition) is 6. The summed E-state index contributed by atoms with van der Waals surface area (Å²) in [6.45, 7) is 3.11. The molecule has 1 aromatic heterocycles. The summed E-state index contributed by atoms with van der Waals surface area (Å²) in [4.78, 5) is 18.8. The maximum atomic E-state index is 12.5. The molecule has 3 aromatic rings. The van der Waals surface area contributed by atoms with Crippen LogP contribution in [-0.4, -0.2) is 37.8 Å². The number of carbonyl (C=O) groups excluding carboxylic acids is 1. The van der Waals surface area contributed by atoms with Crippen LogP contribution in [0.2, 0.25) is 0 Å². The summed E-state index contributed by atoms with van der Waals surface area (Å²) in [6, 6.07) is 13.3. The van der Waals surface area contributed by atoms with Crippen LogP contribution in [0.3, 0.4) is 0 Å². The number of benzene rings is 2. The van der Waals surface area contributed by atoms with Gasteiger partial charge in [-0.1, -0.05) is 0 Å². The summed E-state index contributed by atoms with van der Waals surface area (Å²) in [5.74, 6) is 2.24. The first-order valence-electron chi connectivity index (χ1n) is 9.40. The Labute approximate surface area is 173 Å². The number of ether oxygens (including phenoxy) is 3. The van der Waals surface area contributed by atoms with Crippen LogP contribution >= 0.6 is 11.3 Å². The first-order valence-corrected chi connectivity index (χ1v) is 10.3. The Morgan fingerprint density at radius 3 is 2.69 bits per heavy atom. The van der Waals surface area contributed by atoms with E-state index in [0.717, 1.165) is 39.2 Å². The van der Waals surface area contributed by atoms with E-state index in [9.17, 15) is 4.79 Å². The van der Waals surface area contributed by atoms with E-state index in [1.807, 2.05) is 54.8 Å². The summed E-state index contributed by atoms with van der Waals surface area (Å²) >= 11 is 1.61. The van der Waals surface area contributed by atoms with Crippen LogP contribution in [0.15, 0.2) is 47.8 Å². The van der Waals surface area contributed by atoms with Crippen molar-refractivity contribution in [3.63, 3.8) is 0 Å². The van der Waals surface area contributed by atoms with E-state index < -0.39 is 0 Å². The molecule has 0 saturated carbocycles. The smallest absolute Gasteiger partial charge is 0.265 e. The van der Waals surface area contributed by atoms with Gasteiger partial charge in [-0.3, -0.25) is 4.79 Å². The van der Waals surface area contributed by atoms with Crippen LogP contribution in [-0.2, 0) is 4.79 Å². The standard InChI is InChI=1S/C22H22N2O4S/c1-15-23-19(14-29-15)16-4-9-21-20(12-16)24(22(25)13-28-21)10-3-11-27-18-7-5-17(26-2)6-8-18/h4-9,12,14H,3,10-11,13H2,1-2H3. The molecule has 0 spiro atoms. The van der Waals surface area contributed by atoms with E-state index >= 15 is 0 Å². The third kappa shape index (κ3) is 4.35. The third-order valence-electron chi connectivity index (χ3n) is 4.67. The van der Waals surface area contributed by atoms with Crippen LogP contribution in [0.5, 0.6) is 17.2 Å². The van der Waals surface area contributed by atoms with Gasteiger partial charge < -0.3 is 19.1 Å². The molecule has 7 heteroatoms. The Balaban J connectivity index is 1.43. The van der Waals surface area contributed by atoms with Gasteiger partial charge in [0.1, 0.15) is 17.2 Å². The van der Waals surface area contributed by atoms with E-state index in [1.165, 1.54) is 0 Å². The van der Waals surface area contributed by atoms with Crippen molar-refractivity contribution in [1.29, 1.82) is 0 Å². The molecule has 1 amide bonds. The van der Waals surface area contributed by atoms with Crippen molar-refractivity contribution in [2.75, 3.05) is 31.8 Å². The minimum atomic E-state index is -0.0476. The second-order valence-electron chi connectivity index (χ2n) is 6.65. The molecule has 0 N–H and O–H groups in total. The number of aryl methyl sites for hydroxylation is 1. The number of nitrogens with zero attached hydrogens (tertiary/aromatic N) is 2. The van der Waals surface area contributed by atoms with Crippen molar-refractivity contribution in [2.24, 2.45) is 0 Å². The van der Waals surface area contributed by atoms with Crippen LogP contribution < -0.4 is 19.1 Å². The number of aromatic nitrogens is 1. The number of thiazole rings is 1. The number of anilines is 1. The van der Waals surface area contributed by atoms with Crippen molar-refractivity contribution in [3.05, 3.63) is 52.9 Å². The predicted molar refractivity (Wildman–Crippen MR) is 113 cm³/mol. The maximum Gasteiger partial charge on any atom is 0.265 e. The largest absolute Gasteiger partial charge is 0.497 e. The molecular formula is C22H22N2O4S. The molecule has 4 rings (SSSR count). The zero-order valence-electron chi connectivity index (χ0n) is 16.4. The van der Waals surface area contributed by atoms with E-state index in [0.29, 0.717) is 19.6 Å². The van der Waals surface area contributed by atoms with Gasteiger partial charge in [-0.25, -0.2) is 4.98 Å². The van der Waals surface area contributed by atoms with Gasteiger partial charge in [0.25, 0.3) is 5.91 Å². The highest BCUT2D eigenvalue weighted by atomic mass is 32.1. The second-order valence-corrected chi connectivity index (χ2v) is 7.71. The lowest BCUT2D eigenvalue weighted by atomic mass is 10.1. The van der Waals surface area contributed by atoms with Gasteiger partial charge in [-0.05, 0) is 55.8 Å². The molecule has 2 heterocycles. The minimum Gasteiger partial charge on any atom is -0.497 e. The zero-order valence-corrected chi connectivity index (χ0v) is 17.2. The highest BCUT2D eigenvalue weighted by molar-refractivity contribution is 7.09. The maximum absolute atomic E-state index is 12.5. The molecule has 0 radical (unpaired) electrons. The molecule has 1 aliphatic rings. The van der Waals surface area contributed by atoms with Crippen molar-refractivity contribution in [2.45, 2.75) is 13.3 Å². The first-order chi connectivity index (χ1) is 14.1. The Morgan fingerprint density at radius 2 is 1.97 bits per heavy atom. The fraction of sp³-hybridized carbons (Fsp3) is 0.273. The van der Waals surface area contributed by atoms with E-state index in [2.05, 4.69) is 4.98 Å². The van der Waals surface area contributed by atoms with Crippen LogP contribution in [0.1, 0.15) is 11.4 Å².